The lowest BCUT2D eigenvalue weighted by Gasteiger charge is -2.05. The smallest absolute Gasteiger partial charge is 0.277 e. The molecule has 9 heteroatoms. The quantitative estimate of drug-likeness (QED) is 0.415. The number of hydrogen-bond acceptors (Lipinski definition) is 5. The molecular weight excluding hydrogens is 447 g/mol. The summed E-state index contributed by atoms with van der Waals surface area (Å²) in [7, 11) is 0. The van der Waals surface area contributed by atoms with E-state index in [9.17, 15) is 14.3 Å². The lowest BCUT2D eigenvalue weighted by Crippen LogP contribution is -2.23. The maximum absolute atomic E-state index is 13.7. The zero-order chi connectivity index (χ0) is 23.1. The van der Waals surface area contributed by atoms with E-state index in [1.165, 1.54) is 21.2 Å². The van der Waals surface area contributed by atoms with Gasteiger partial charge in [0.15, 0.2) is 0 Å². The number of aliphatic hydroxyl groups is 1. The van der Waals surface area contributed by atoms with E-state index in [4.69, 9.17) is 16.0 Å². The Morgan fingerprint density at radius 1 is 1.15 bits per heavy atom. The van der Waals surface area contributed by atoms with Crippen LogP contribution < -0.4 is 5.56 Å². The predicted molar refractivity (Wildman–Crippen MR) is 122 cm³/mol. The average molecular weight is 465 g/mol. The van der Waals surface area contributed by atoms with Crippen molar-refractivity contribution in [1.82, 2.24) is 19.2 Å². The van der Waals surface area contributed by atoms with Crippen LogP contribution in [0.2, 0.25) is 5.02 Å². The number of nitrogens with zero attached hydrogens (tertiary/aromatic N) is 4. The van der Waals surface area contributed by atoms with Crippen molar-refractivity contribution in [2.24, 2.45) is 0 Å². The van der Waals surface area contributed by atoms with Crippen LogP contribution in [0.15, 0.2) is 70.1 Å². The molecule has 3 heterocycles. The first-order valence-electron chi connectivity index (χ1n) is 10.1. The molecule has 2 aromatic carbocycles. The predicted octanol–water partition coefficient (Wildman–Crippen LogP) is 4.46. The second kappa shape index (κ2) is 8.31. The van der Waals surface area contributed by atoms with Crippen LogP contribution in [0.3, 0.4) is 0 Å². The minimum Gasteiger partial charge on any atom is -0.441 e. The molecule has 0 amide bonds. The van der Waals surface area contributed by atoms with E-state index in [0.717, 1.165) is 0 Å². The van der Waals surface area contributed by atoms with Crippen molar-refractivity contribution in [2.45, 2.75) is 20.1 Å². The van der Waals surface area contributed by atoms with Gasteiger partial charge in [-0.15, -0.1) is 0 Å². The van der Waals surface area contributed by atoms with Gasteiger partial charge in [0.25, 0.3) is 5.56 Å². The van der Waals surface area contributed by atoms with Crippen molar-refractivity contribution in [3.8, 4) is 22.7 Å². The molecule has 33 heavy (non-hydrogen) atoms. The number of aromatic nitrogens is 4. The van der Waals surface area contributed by atoms with Gasteiger partial charge in [-0.25, -0.2) is 13.9 Å². The van der Waals surface area contributed by atoms with Crippen LogP contribution in [0.4, 0.5) is 4.39 Å². The van der Waals surface area contributed by atoms with E-state index in [0.29, 0.717) is 44.8 Å². The topological polar surface area (TPSA) is 85.6 Å². The number of rotatable bonds is 5. The fourth-order valence-corrected chi connectivity index (χ4v) is 4.00. The Bertz CT molecular complexity index is 1550. The number of halogens is 2. The normalized spacial score (nSPS) is 11.4. The largest absolute Gasteiger partial charge is 0.441 e. The molecule has 0 fully saturated rings. The van der Waals surface area contributed by atoms with Crippen LogP contribution in [-0.4, -0.2) is 24.3 Å². The van der Waals surface area contributed by atoms with E-state index in [-0.39, 0.29) is 17.6 Å². The third kappa shape index (κ3) is 3.73. The third-order valence-electron chi connectivity index (χ3n) is 5.43. The molecule has 3 aromatic heterocycles. The molecule has 0 aliphatic rings. The van der Waals surface area contributed by atoms with E-state index >= 15 is 0 Å². The van der Waals surface area contributed by atoms with Crippen LogP contribution in [-0.2, 0) is 13.2 Å². The maximum atomic E-state index is 13.7. The minimum absolute atomic E-state index is 0.153. The second-order valence-electron chi connectivity index (χ2n) is 7.52. The summed E-state index contributed by atoms with van der Waals surface area (Å²) in [5.74, 6) is 0.505. The molecule has 0 atom stereocenters. The molecule has 166 valence electrons. The van der Waals surface area contributed by atoms with Crippen molar-refractivity contribution >= 4 is 17.1 Å². The molecule has 5 rings (SSSR count). The zero-order valence-corrected chi connectivity index (χ0v) is 18.3. The van der Waals surface area contributed by atoms with E-state index in [1.807, 2.05) is 18.2 Å². The van der Waals surface area contributed by atoms with Crippen molar-refractivity contribution in [3.63, 3.8) is 0 Å². The summed E-state index contributed by atoms with van der Waals surface area (Å²) in [6, 6.07) is 13.1. The number of hydrogen-bond donors (Lipinski definition) is 1. The highest BCUT2D eigenvalue weighted by Gasteiger charge is 2.20. The molecule has 0 aliphatic heterocycles. The van der Waals surface area contributed by atoms with Crippen molar-refractivity contribution < 1.29 is 13.9 Å². The number of oxazole rings is 1. The van der Waals surface area contributed by atoms with Gasteiger partial charge in [0.05, 0.1) is 29.4 Å². The monoisotopic (exact) mass is 464 g/mol. The highest BCUT2D eigenvalue weighted by atomic mass is 35.5. The molecule has 0 saturated heterocycles. The highest BCUT2D eigenvalue weighted by Crippen LogP contribution is 2.29. The Kier molecular flexibility index (Phi) is 5.32. The summed E-state index contributed by atoms with van der Waals surface area (Å²) in [6.45, 7) is 1.50. The Hall–Kier alpha value is -3.75. The fourth-order valence-electron chi connectivity index (χ4n) is 3.78. The lowest BCUT2D eigenvalue weighted by atomic mass is 10.1. The molecule has 1 N–H and O–H groups in total. The number of aliphatic hydroxyl groups excluding tert-OH is 1. The summed E-state index contributed by atoms with van der Waals surface area (Å²) >= 11 is 6.26. The first-order valence-corrected chi connectivity index (χ1v) is 10.5. The summed E-state index contributed by atoms with van der Waals surface area (Å²) in [4.78, 5) is 17.8. The molecule has 0 bridgehead atoms. The van der Waals surface area contributed by atoms with Gasteiger partial charge in [0, 0.05) is 23.5 Å². The lowest BCUT2D eigenvalue weighted by molar-refractivity contribution is 0.283. The van der Waals surface area contributed by atoms with Crippen molar-refractivity contribution in [3.05, 3.63) is 99.1 Å². The summed E-state index contributed by atoms with van der Waals surface area (Å²) in [5, 5.41) is 14.9. The molecule has 0 saturated carbocycles. The van der Waals surface area contributed by atoms with Gasteiger partial charge in [-0.1, -0.05) is 35.9 Å². The number of aryl methyl sites for hydroxylation is 1. The highest BCUT2D eigenvalue weighted by molar-refractivity contribution is 6.33. The minimum atomic E-state index is -0.429. The molecule has 0 spiro atoms. The van der Waals surface area contributed by atoms with Gasteiger partial charge < -0.3 is 14.1 Å². The Labute approximate surface area is 192 Å². The Balaban J connectivity index is 1.57. The third-order valence-corrected chi connectivity index (χ3v) is 5.76. The van der Waals surface area contributed by atoms with Crippen LogP contribution in [0, 0.1) is 12.7 Å². The van der Waals surface area contributed by atoms with Crippen LogP contribution in [0.1, 0.15) is 17.0 Å². The van der Waals surface area contributed by atoms with Gasteiger partial charge in [0.1, 0.15) is 22.8 Å². The van der Waals surface area contributed by atoms with E-state index < -0.39 is 12.4 Å². The van der Waals surface area contributed by atoms with Gasteiger partial charge in [-0.2, -0.15) is 5.10 Å². The first kappa shape index (κ1) is 21.1. The first-order chi connectivity index (χ1) is 16.0. The van der Waals surface area contributed by atoms with E-state index in [2.05, 4.69) is 10.1 Å². The molecule has 7 nitrogen and oxygen atoms in total. The van der Waals surface area contributed by atoms with E-state index in [1.54, 1.807) is 37.5 Å². The van der Waals surface area contributed by atoms with Gasteiger partial charge in [0.2, 0.25) is 5.89 Å². The zero-order valence-electron chi connectivity index (χ0n) is 17.5. The molecule has 0 unspecified atom stereocenters. The maximum Gasteiger partial charge on any atom is 0.277 e. The number of benzene rings is 2. The fraction of sp³-hybridized carbons (Fsp3) is 0.125. The summed E-state index contributed by atoms with van der Waals surface area (Å²) in [5.41, 5.74) is 2.25. The van der Waals surface area contributed by atoms with Gasteiger partial charge >= 0.3 is 0 Å². The van der Waals surface area contributed by atoms with Crippen molar-refractivity contribution in [1.29, 1.82) is 0 Å². The average Bonchev–Trinajstić information content (AvgIpc) is 3.36. The summed E-state index contributed by atoms with van der Waals surface area (Å²) < 4.78 is 22.4. The van der Waals surface area contributed by atoms with Gasteiger partial charge in [-0.05, 0) is 31.2 Å². The Morgan fingerprint density at radius 3 is 2.73 bits per heavy atom. The van der Waals surface area contributed by atoms with Crippen molar-refractivity contribution in [2.75, 3.05) is 0 Å². The number of fused-ring (bicyclic) bond motifs is 1. The SMILES string of the molecule is Cc1oc(-c2ccccc2Cl)nc1Cn1ccn2nc(-c3cccc(F)c3)c(CO)c2c1=O. The second-order valence-corrected chi connectivity index (χ2v) is 7.93. The standard InChI is InChI=1S/C24H18ClFN4O3/c1-14-20(27-23(33-14)17-7-2-3-8-19(17)25)12-29-9-10-30-22(24(29)32)18(13-31)21(28-30)15-5-4-6-16(26)11-15/h2-11,31H,12-13H2,1H3. The summed E-state index contributed by atoms with van der Waals surface area (Å²) in [6.07, 6.45) is 3.20. The van der Waals surface area contributed by atoms with Crippen LogP contribution in [0.5, 0.6) is 0 Å². The molecule has 0 aliphatic carbocycles. The molecule has 5 aromatic rings. The molecular formula is C24H18ClFN4O3. The molecule has 0 radical (unpaired) electrons. The van der Waals surface area contributed by atoms with Crippen LogP contribution in [0.25, 0.3) is 28.2 Å². The van der Waals surface area contributed by atoms with Gasteiger partial charge in [-0.3, -0.25) is 4.79 Å². The van der Waals surface area contributed by atoms with Crippen LogP contribution >= 0.6 is 11.6 Å². The Morgan fingerprint density at radius 2 is 1.97 bits per heavy atom.